The maximum Gasteiger partial charge on any atom is 0.276 e. The molecule has 0 bridgehead atoms. The second-order valence-corrected chi connectivity index (χ2v) is 8.61. The van der Waals surface area contributed by atoms with Gasteiger partial charge in [-0.25, -0.2) is 0 Å². The lowest BCUT2D eigenvalue weighted by Crippen LogP contribution is -2.47. The Bertz CT molecular complexity index is 520. The number of rotatable bonds is 3. The molecule has 3 nitrogen and oxygen atoms in total. The molecule has 0 saturated carbocycles. The molecule has 0 aliphatic rings. The molecule has 0 amide bonds. The van der Waals surface area contributed by atoms with Crippen LogP contribution in [0.3, 0.4) is 0 Å². The van der Waals surface area contributed by atoms with Gasteiger partial charge in [0.05, 0.1) is 0 Å². The van der Waals surface area contributed by atoms with Crippen molar-refractivity contribution in [2.75, 3.05) is 11.5 Å². The lowest BCUT2D eigenvalue weighted by Gasteiger charge is -2.24. The number of hydrogen-bond acceptors (Lipinski definition) is 3. The van der Waals surface area contributed by atoms with Gasteiger partial charge in [-0.3, -0.25) is 0 Å². The van der Waals surface area contributed by atoms with Crippen molar-refractivity contribution in [2.45, 2.75) is 13.1 Å². The first-order valence-corrected chi connectivity index (χ1v) is 8.79. The molecule has 94 valence electrons. The van der Waals surface area contributed by atoms with Gasteiger partial charge in [0.15, 0.2) is 0 Å². The van der Waals surface area contributed by atoms with Crippen LogP contribution in [0.15, 0.2) is 48.5 Å². The van der Waals surface area contributed by atoms with Crippen LogP contribution < -0.4 is 21.1 Å². The maximum atomic E-state index is 6.13. The Morgan fingerprint density at radius 3 is 1.72 bits per heavy atom. The van der Waals surface area contributed by atoms with Gasteiger partial charge in [-0.2, -0.15) is 0 Å². The molecule has 2 aromatic rings. The van der Waals surface area contributed by atoms with E-state index in [0.717, 1.165) is 17.1 Å². The van der Waals surface area contributed by atoms with Crippen LogP contribution in [0.25, 0.3) is 0 Å². The molecule has 2 aromatic carbocycles. The van der Waals surface area contributed by atoms with E-state index < -0.39 is 8.32 Å². The van der Waals surface area contributed by atoms with Crippen molar-refractivity contribution in [1.82, 2.24) is 0 Å². The first kappa shape index (κ1) is 12.5. The molecule has 0 radical (unpaired) electrons. The molecule has 18 heavy (non-hydrogen) atoms. The summed E-state index contributed by atoms with van der Waals surface area (Å²) in [5, 5.41) is 1.22. The molecule has 0 saturated heterocycles. The molecule has 4 heteroatoms. The minimum absolute atomic E-state index is 0.745. The molecule has 0 fully saturated rings. The van der Waals surface area contributed by atoms with Crippen LogP contribution in [0.1, 0.15) is 0 Å². The fraction of sp³-hybridized carbons (Fsp3) is 0.143. The van der Waals surface area contributed by atoms with Gasteiger partial charge in [0.25, 0.3) is 8.32 Å². The van der Waals surface area contributed by atoms with Crippen LogP contribution in [0.5, 0.6) is 5.75 Å². The molecule has 0 atom stereocenters. The van der Waals surface area contributed by atoms with Crippen LogP contribution in [0.2, 0.25) is 13.1 Å². The number of nitrogen functional groups attached to an aromatic ring is 2. The molecule has 0 unspecified atom stereocenters. The smallest absolute Gasteiger partial charge is 0.276 e. The average Bonchev–Trinajstić information content (AvgIpc) is 2.32. The molecule has 0 spiro atoms. The number of anilines is 2. The molecule has 0 aromatic heterocycles. The quantitative estimate of drug-likeness (QED) is 0.656. The molecular formula is C14H18N2OSi. The van der Waals surface area contributed by atoms with Crippen LogP contribution in [-0.4, -0.2) is 8.32 Å². The summed E-state index contributed by atoms with van der Waals surface area (Å²) >= 11 is 0. The van der Waals surface area contributed by atoms with E-state index in [1.54, 1.807) is 0 Å². The summed E-state index contributed by atoms with van der Waals surface area (Å²) in [5.41, 5.74) is 12.9. The van der Waals surface area contributed by atoms with Gasteiger partial charge in [-0.1, -0.05) is 12.1 Å². The average molecular weight is 258 g/mol. The van der Waals surface area contributed by atoms with Gasteiger partial charge in [0.1, 0.15) is 5.75 Å². The van der Waals surface area contributed by atoms with E-state index in [9.17, 15) is 0 Å². The predicted molar refractivity (Wildman–Crippen MR) is 79.5 cm³/mol. The second-order valence-electron chi connectivity index (χ2n) is 4.80. The summed E-state index contributed by atoms with van der Waals surface area (Å²) in [7, 11) is -1.96. The Kier molecular flexibility index (Phi) is 3.29. The van der Waals surface area contributed by atoms with Crippen LogP contribution in [-0.2, 0) is 0 Å². The Balaban J connectivity index is 2.20. The topological polar surface area (TPSA) is 61.3 Å². The zero-order valence-electron chi connectivity index (χ0n) is 10.7. The summed E-state index contributed by atoms with van der Waals surface area (Å²) in [5.74, 6) is 0.859. The molecule has 4 N–H and O–H groups in total. The van der Waals surface area contributed by atoms with Crippen molar-refractivity contribution in [3.63, 3.8) is 0 Å². The van der Waals surface area contributed by atoms with E-state index in [2.05, 4.69) is 13.1 Å². The number of benzene rings is 2. The fourth-order valence-electron chi connectivity index (χ4n) is 1.77. The normalized spacial score (nSPS) is 11.2. The van der Waals surface area contributed by atoms with Gasteiger partial charge in [-0.05, 0) is 54.7 Å². The van der Waals surface area contributed by atoms with E-state index >= 15 is 0 Å². The largest absolute Gasteiger partial charge is 0.540 e. The lowest BCUT2D eigenvalue weighted by atomic mass is 10.3. The first-order valence-electron chi connectivity index (χ1n) is 5.88. The fourth-order valence-corrected chi connectivity index (χ4v) is 3.59. The van der Waals surface area contributed by atoms with Crippen LogP contribution >= 0.6 is 0 Å². The highest BCUT2D eigenvalue weighted by Crippen LogP contribution is 2.18. The third-order valence-corrected chi connectivity index (χ3v) is 5.33. The van der Waals surface area contributed by atoms with Gasteiger partial charge in [0.2, 0.25) is 0 Å². The van der Waals surface area contributed by atoms with E-state index in [-0.39, 0.29) is 0 Å². The highest BCUT2D eigenvalue weighted by atomic mass is 28.4. The first-order chi connectivity index (χ1) is 8.47. The summed E-state index contributed by atoms with van der Waals surface area (Å²) in [4.78, 5) is 0. The number of hydrogen-bond donors (Lipinski definition) is 2. The lowest BCUT2D eigenvalue weighted by molar-refractivity contribution is 0.564. The van der Waals surface area contributed by atoms with E-state index in [1.807, 2.05) is 48.5 Å². The third-order valence-electron chi connectivity index (χ3n) is 2.86. The molecule has 0 heterocycles. The van der Waals surface area contributed by atoms with Crippen molar-refractivity contribution in [3.05, 3.63) is 48.5 Å². The highest BCUT2D eigenvalue weighted by molar-refractivity contribution is 6.85. The van der Waals surface area contributed by atoms with Crippen LogP contribution in [0, 0.1) is 0 Å². The molecule has 0 aliphatic heterocycles. The monoisotopic (exact) mass is 258 g/mol. The Morgan fingerprint density at radius 1 is 0.778 bits per heavy atom. The van der Waals surface area contributed by atoms with E-state index in [4.69, 9.17) is 15.9 Å². The Morgan fingerprint density at radius 2 is 1.22 bits per heavy atom. The Labute approximate surface area is 109 Å². The highest BCUT2D eigenvalue weighted by Gasteiger charge is 2.27. The minimum Gasteiger partial charge on any atom is -0.540 e. The van der Waals surface area contributed by atoms with Gasteiger partial charge in [-0.15, -0.1) is 0 Å². The molecule has 2 rings (SSSR count). The zero-order valence-corrected chi connectivity index (χ0v) is 11.7. The standard InChI is InChI=1S/C14H18N2OSi/c1-18(2,14-9-5-12(16)6-10-14)17-13-7-3-11(15)4-8-13/h3-10H,15-16H2,1-2H3. The van der Waals surface area contributed by atoms with Crippen LogP contribution in [0.4, 0.5) is 11.4 Å². The van der Waals surface area contributed by atoms with Crippen molar-refractivity contribution >= 4 is 24.9 Å². The minimum atomic E-state index is -1.96. The van der Waals surface area contributed by atoms with Crippen molar-refractivity contribution in [2.24, 2.45) is 0 Å². The molecule has 0 aliphatic carbocycles. The van der Waals surface area contributed by atoms with Crippen molar-refractivity contribution in [1.29, 1.82) is 0 Å². The van der Waals surface area contributed by atoms with Crippen molar-refractivity contribution in [3.8, 4) is 5.75 Å². The van der Waals surface area contributed by atoms with Gasteiger partial charge in [0, 0.05) is 11.4 Å². The summed E-state index contributed by atoms with van der Waals surface area (Å²) < 4.78 is 6.13. The third kappa shape index (κ3) is 2.84. The van der Waals surface area contributed by atoms with Crippen molar-refractivity contribution < 1.29 is 4.43 Å². The van der Waals surface area contributed by atoms with E-state index in [0.29, 0.717) is 0 Å². The number of nitrogens with two attached hydrogens (primary N) is 2. The zero-order chi connectivity index (χ0) is 13.2. The predicted octanol–water partition coefficient (Wildman–Crippen LogP) is 2.34. The molecular weight excluding hydrogens is 240 g/mol. The summed E-state index contributed by atoms with van der Waals surface area (Å²) in [6, 6.07) is 15.4. The maximum absolute atomic E-state index is 6.13. The van der Waals surface area contributed by atoms with E-state index in [1.165, 1.54) is 5.19 Å². The SMILES string of the molecule is C[Si](C)(Oc1ccc(N)cc1)c1ccc(N)cc1. The second kappa shape index (κ2) is 4.74. The summed E-state index contributed by atoms with van der Waals surface area (Å²) in [6.07, 6.45) is 0. The van der Waals surface area contributed by atoms with Gasteiger partial charge < -0.3 is 15.9 Å². The van der Waals surface area contributed by atoms with Gasteiger partial charge >= 0.3 is 0 Å². The summed E-state index contributed by atoms with van der Waals surface area (Å²) in [6.45, 7) is 4.32. The Hall–Kier alpha value is -1.94.